The second-order valence-electron chi connectivity index (χ2n) is 5.27. The molecule has 0 amide bonds. The summed E-state index contributed by atoms with van der Waals surface area (Å²) in [5.41, 5.74) is 0.129. The van der Waals surface area contributed by atoms with Crippen LogP contribution in [-0.2, 0) is 0 Å². The van der Waals surface area contributed by atoms with E-state index in [-0.39, 0.29) is 5.54 Å². The molecule has 0 aromatic carbocycles. The van der Waals surface area contributed by atoms with Crippen molar-refractivity contribution in [3.63, 3.8) is 0 Å². The maximum Gasteiger partial charge on any atom is 0.258 e. The van der Waals surface area contributed by atoms with E-state index >= 15 is 0 Å². The van der Waals surface area contributed by atoms with Crippen LogP contribution in [0.3, 0.4) is 0 Å². The summed E-state index contributed by atoms with van der Waals surface area (Å²) in [5, 5.41) is 10.7. The minimum absolute atomic E-state index is 0.129. The zero-order chi connectivity index (χ0) is 14.7. The Bertz CT molecular complexity index is 585. The van der Waals surface area contributed by atoms with Crippen molar-refractivity contribution >= 4 is 11.9 Å². The fourth-order valence-electron chi connectivity index (χ4n) is 2.48. The fourth-order valence-corrected chi connectivity index (χ4v) is 2.48. The van der Waals surface area contributed by atoms with Crippen molar-refractivity contribution in [1.82, 2.24) is 29.7 Å². The van der Waals surface area contributed by atoms with Crippen molar-refractivity contribution in [2.75, 3.05) is 17.2 Å². The van der Waals surface area contributed by atoms with Crippen LogP contribution < -0.4 is 10.6 Å². The number of anilines is 2. The zero-order valence-electron chi connectivity index (χ0n) is 12.4. The number of aromatic nitrogens is 6. The highest BCUT2D eigenvalue weighted by Crippen LogP contribution is 2.37. The zero-order valence-corrected chi connectivity index (χ0v) is 12.4. The molecule has 1 aliphatic carbocycles. The van der Waals surface area contributed by atoms with E-state index in [9.17, 15) is 0 Å². The number of nitrogens with one attached hydrogen (secondary N) is 2. The normalized spacial score (nSPS) is 16.3. The molecular weight excluding hydrogens is 268 g/mol. The molecule has 0 aliphatic heterocycles. The molecule has 0 saturated heterocycles. The van der Waals surface area contributed by atoms with Gasteiger partial charge in [-0.25, -0.2) is 4.98 Å². The lowest BCUT2D eigenvalue weighted by Gasteiger charge is -2.42. The summed E-state index contributed by atoms with van der Waals surface area (Å²) in [6, 6.07) is 0. The first-order valence-corrected chi connectivity index (χ1v) is 7.38. The molecule has 1 saturated carbocycles. The molecule has 2 aromatic rings. The van der Waals surface area contributed by atoms with Gasteiger partial charge in [0.2, 0.25) is 11.9 Å². The number of hydrogen-bond donors (Lipinski definition) is 2. The van der Waals surface area contributed by atoms with Gasteiger partial charge >= 0.3 is 0 Å². The number of hydrogen-bond acceptors (Lipinski definition) is 7. The van der Waals surface area contributed by atoms with Gasteiger partial charge in [0.15, 0.2) is 0 Å². The first kappa shape index (κ1) is 13.7. The molecule has 0 unspecified atom stereocenters. The van der Waals surface area contributed by atoms with Crippen molar-refractivity contribution < 1.29 is 0 Å². The lowest BCUT2D eigenvalue weighted by molar-refractivity contribution is 0.268. The first-order valence-electron chi connectivity index (χ1n) is 7.38. The molecule has 2 N–H and O–H groups in total. The summed E-state index contributed by atoms with van der Waals surface area (Å²) in [4.78, 5) is 17.2. The summed E-state index contributed by atoms with van der Waals surface area (Å²) in [6.45, 7) is 4.95. The second-order valence-corrected chi connectivity index (χ2v) is 5.27. The molecule has 0 spiro atoms. The Balaban J connectivity index is 1.91. The average Bonchev–Trinajstić information content (AvgIpc) is 2.97. The standard InChI is InChI=1S/C13H20N8/c1-3-13(6-5-7-13)20-11-17-10(15-4-2)18-12(19-11)21-9-14-8-16-21/h8-9H,3-7H2,1-2H3,(H2,15,17,18,19,20). The van der Waals surface area contributed by atoms with Gasteiger partial charge in [0.1, 0.15) is 12.7 Å². The van der Waals surface area contributed by atoms with Gasteiger partial charge in [0, 0.05) is 12.1 Å². The lowest BCUT2D eigenvalue weighted by atomic mass is 9.75. The van der Waals surface area contributed by atoms with Crippen molar-refractivity contribution in [2.24, 2.45) is 0 Å². The van der Waals surface area contributed by atoms with Crippen LogP contribution in [0.5, 0.6) is 0 Å². The van der Waals surface area contributed by atoms with E-state index in [0.717, 1.165) is 25.8 Å². The van der Waals surface area contributed by atoms with E-state index in [1.807, 2.05) is 6.92 Å². The average molecular weight is 288 g/mol. The van der Waals surface area contributed by atoms with Crippen LogP contribution in [0.1, 0.15) is 39.5 Å². The van der Waals surface area contributed by atoms with E-state index in [1.165, 1.54) is 17.4 Å². The largest absolute Gasteiger partial charge is 0.354 e. The molecule has 2 aromatic heterocycles. The molecule has 8 heteroatoms. The van der Waals surface area contributed by atoms with Gasteiger partial charge in [-0.1, -0.05) is 6.92 Å². The van der Waals surface area contributed by atoms with Crippen LogP contribution in [0.15, 0.2) is 12.7 Å². The predicted octanol–water partition coefficient (Wildman–Crippen LogP) is 1.63. The monoisotopic (exact) mass is 288 g/mol. The third-order valence-electron chi connectivity index (χ3n) is 3.95. The maximum absolute atomic E-state index is 4.46. The molecular formula is C13H20N8. The first-order chi connectivity index (χ1) is 10.2. The highest BCUT2D eigenvalue weighted by atomic mass is 15.4. The molecule has 0 bridgehead atoms. The van der Waals surface area contributed by atoms with Gasteiger partial charge in [-0.2, -0.15) is 24.7 Å². The Morgan fingerprint density at radius 1 is 1.19 bits per heavy atom. The van der Waals surface area contributed by atoms with Crippen molar-refractivity contribution in [3.05, 3.63) is 12.7 Å². The minimum Gasteiger partial charge on any atom is -0.354 e. The Labute approximate surface area is 123 Å². The molecule has 2 heterocycles. The number of rotatable bonds is 6. The quantitative estimate of drug-likeness (QED) is 0.834. The Kier molecular flexibility index (Phi) is 3.68. The summed E-state index contributed by atoms with van der Waals surface area (Å²) in [7, 11) is 0. The summed E-state index contributed by atoms with van der Waals surface area (Å²) in [6.07, 6.45) is 7.67. The van der Waals surface area contributed by atoms with Crippen molar-refractivity contribution in [2.45, 2.75) is 45.1 Å². The van der Waals surface area contributed by atoms with Gasteiger partial charge < -0.3 is 10.6 Å². The third kappa shape index (κ3) is 2.79. The van der Waals surface area contributed by atoms with Crippen LogP contribution >= 0.6 is 0 Å². The molecule has 3 rings (SSSR count). The highest BCUT2D eigenvalue weighted by Gasteiger charge is 2.35. The minimum atomic E-state index is 0.129. The molecule has 0 radical (unpaired) electrons. The van der Waals surface area contributed by atoms with E-state index in [4.69, 9.17) is 0 Å². The van der Waals surface area contributed by atoms with Crippen LogP contribution in [-0.4, -0.2) is 41.8 Å². The second kappa shape index (κ2) is 5.63. The van der Waals surface area contributed by atoms with Crippen molar-refractivity contribution in [1.29, 1.82) is 0 Å². The van der Waals surface area contributed by atoms with Crippen LogP contribution in [0.25, 0.3) is 5.95 Å². The fraction of sp³-hybridized carbons (Fsp3) is 0.615. The van der Waals surface area contributed by atoms with Crippen LogP contribution in [0.2, 0.25) is 0 Å². The van der Waals surface area contributed by atoms with Crippen LogP contribution in [0.4, 0.5) is 11.9 Å². The van der Waals surface area contributed by atoms with Gasteiger partial charge in [-0.15, -0.1) is 0 Å². The third-order valence-corrected chi connectivity index (χ3v) is 3.95. The smallest absolute Gasteiger partial charge is 0.258 e. The summed E-state index contributed by atoms with van der Waals surface area (Å²) < 4.78 is 1.53. The van der Waals surface area contributed by atoms with E-state index in [2.05, 4.69) is 42.6 Å². The van der Waals surface area contributed by atoms with Gasteiger partial charge in [0.05, 0.1) is 0 Å². The summed E-state index contributed by atoms with van der Waals surface area (Å²) in [5.74, 6) is 1.60. The topological polar surface area (TPSA) is 93.4 Å². The van der Waals surface area contributed by atoms with Crippen molar-refractivity contribution in [3.8, 4) is 5.95 Å². The van der Waals surface area contributed by atoms with Gasteiger partial charge in [0.25, 0.3) is 5.95 Å². The molecule has 8 nitrogen and oxygen atoms in total. The van der Waals surface area contributed by atoms with E-state index in [1.54, 1.807) is 6.33 Å². The Hall–Kier alpha value is -2.25. The lowest BCUT2D eigenvalue weighted by Crippen LogP contribution is -2.44. The molecule has 0 atom stereocenters. The Morgan fingerprint density at radius 3 is 2.57 bits per heavy atom. The molecule has 1 fully saturated rings. The predicted molar refractivity (Wildman–Crippen MR) is 79.4 cm³/mol. The highest BCUT2D eigenvalue weighted by molar-refractivity contribution is 5.40. The molecule has 21 heavy (non-hydrogen) atoms. The van der Waals surface area contributed by atoms with E-state index in [0.29, 0.717) is 17.8 Å². The van der Waals surface area contributed by atoms with E-state index < -0.39 is 0 Å². The van der Waals surface area contributed by atoms with Gasteiger partial charge in [-0.05, 0) is 32.6 Å². The Morgan fingerprint density at radius 2 is 2.00 bits per heavy atom. The number of nitrogens with zero attached hydrogens (tertiary/aromatic N) is 6. The molecule has 112 valence electrons. The maximum atomic E-state index is 4.46. The molecule has 1 aliphatic rings. The SMILES string of the molecule is CCNc1nc(NC2(CC)CCC2)nc(-n2cncn2)n1. The summed E-state index contributed by atoms with van der Waals surface area (Å²) >= 11 is 0. The van der Waals surface area contributed by atoms with Gasteiger partial charge in [-0.3, -0.25) is 0 Å². The van der Waals surface area contributed by atoms with Crippen LogP contribution in [0, 0.1) is 0 Å².